The molecule has 0 radical (unpaired) electrons. The zero-order valence-electron chi connectivity index (χ0n) is 21.2. The molecule has 4 rings (SSSR count). The van der Waals surface area contributed by atoms with Gasteiger partial charge in [-0.1, -0.05) is 115 Å². The molecule has 0 heterocycles. The highest BCUT2D eigenvalue weighted by Crippen LogP contribution is 2.48. The molecule has 5 heteroatoms. The van der Waals surface area contributed by atoms with E-state index in [1.165, 1.54) is 0 Å². The summed E-state index contributed by atoms with van der Waals surface area (Å²) in [6.45, 7) is 4.27. The van der Waals surface area contributed by atoms with Crippen molar-refractivity contribution in [3.63, 3.8) is 0 Å². The van der Waals surface area contributed by atoms with Gasteiger partial charge in [-0.3, -0.25) is 9.59 Å². The van der Waals surface area contributed by atoms with Gasteiger partial charge in [0.25, 0.3) is 0 Å². The minimum Gasteiger partial charge on any atom is -0.460 e. The maximum Gasteiger partial charge on any atom is 0.324 e. The average molecular weight is 515 g/mol. The molecule has 0 spiro atoms. The first-order valence-corrected chi connectivity index (χ1v) is 12.8. The predicted molar refractivity (Wildman–Crippen MR) is 146 cm³/mol. The Balaban J connectivity index is 1.57. The summed E-state index contributed by atoms with van der Waals surface area (Å²) in [7, 11) is 0. The van der Waals surface area contributed by atoms with E-state index in [1.54, 1.807) is 0 Å². The number of ether oxygens (including phenoxy) is 2. The summed E-state index contributed by atoms with van der Waals surface area (Å²) in [5.74, 6) is -1.06. The van der Waals surface area contributed by atoms with Crippen LogP contribution in [-0.2, 0) is 32.3 Å². The maximum absolute atomic E-state index is 13.5. The van der Waals surface area contributed by atoms with E-state index < -0.39 is 17.4 Å². The van der Waals surface area contributed by atoms with Gasteiger partial charge in [0.1, 0.15) is 13.2 Å². The quantitative estimate of drug-likeness (QED) is 0.230. The summed E-state index contributed by atoms with van der Waals surface area (Å²) in [4.78, 5) is 27.1. The molecule has 0 aliphatic heterocycles. The second-order valence-electron chi connectivity index (χ2n) is 9.58. The van der Waals surface area contributed by atoms with Crippen molar-refractivity contribution < 1.29 is 19.1 Å². The van der Waals surface area contributed by atoms with Crippen LogP contribution in [-0.4, -0.2) is 11.9 Å². The Bertz CT molecular complexity index is 1220. The Hall–Kier alpha value is -3.63. The molecule has 37 heavy (non-hydrogen) atoms. The van der Waals surface area contributed by atoms with Crippen molar-refractivity contribution in [3.8, 4) is 0 Å². The van der Waals surface area contributed by atoms with Crippen molar-refractivity contribution >= 4 is 29.6 Å². The lowest BCUT2D eigenvalue weighted by Gasteiger charge is -2.25. The van der Waals surface area contributed by atoms with Gasteiger partial charge in [0.2, 0.25) is 0 Å². The van der Waals surface area contributed by atoms with E-state index in [0.29, 0.717) is 11.4 Å². The first kappa shape index (κ1) is 26.4. The summed E-state index contributed by atoms with van der Waals surface area (Å²) in [5.41, 5.74) is 3.45. The van der Waals surface area contributed by atoms with E-state index in [0.717, 1.165) is 27.8 Å². The number of carbonyl (C=O) groups is 2. The predicted octanol–water partition coefficient (Wildman–Crippen LogP) is 7.57. The van der Waals surface area contributed by atoms with Crippen LogP contribution in [0.4, 0.5) is 0 Å². The highest BCUT2D eigenvalue weighted by Gasteiger charge is 2.55. The molecule has 1 atom stereocenters. The Labute approximate surface area is 223 Å². The lowest BCUT2D eigenvalue weighted by atomic mass is 9.85. The Morgan fingerprint density at radius 3 is 1.89 bits per heavy atom. The summed E-state index contributed by atoms with van der Waals surface area (Å²) < 4.78 is 11.4. The number of allylic oxidation sites excluding steroid dienone is 3. The fraction of sp³-hybridized carbons (Fsp3) is 0.250. The summed E-state index contributed by atoms with van der Waals surface area (Å²) in [6, 6.07) is 26.5. The van der Waals surface area contributed by atoms with Gasteiger partial charge in [0.15, 0.2) is 5.41 Å². The van der Waals surface area contributed by atoms with Crippen LogP contribution in [0.2, 0.25) is 5.02 Å². The highest BCUT2D eigenvalue weighted by molar-refractivity contribution is 6.30. The maximum atomic E-state index is 13.5. The van der Waals surface area contributed by atoms with E-state index >= 15 is 0 Å². The van der Waals surface area contributed by atoms with Crippen LogP contribution in [0.1, 0.15) is 43.4 Å². The first-order chi connectivity index (χ1) is 17.9. The highest BCUT2D eigenvalue weighted by atomic mass is 35.5. The van der Waals surface area contributed by atoms with Crippen molar-refractivity contribution in [2.45, 2.75) is 39.9 Å². The van der Waals surface area contributed by atoms with Crippen LogP contribution in [0.3, 0.4) is 0 Å². The van der Waals surface area contributed by atoms with E-state index in [1.807, 2.05) is 111 Å². The van der Waals surface area contributed by atoms with E-state index in [9.17, 15) is 9.59 Å². The fourth-order valence-electron chi connectivity index (χ4n) is 4.76. The molecule has 3 aromatic rings. The van der Waals surface area contributed by atoms with Gasteiger partial charge in [-0.05, 0) is 54.5 Å². The fourth-order valence-corrected chi connectivity index (χ4v) is 4.89. The minimum atomic E-state index is -1.38. The second-order valence-corrected chi connectivity index (χ2v) is 10.0. The van der Waals surface area contributed by atoms with Gasteiger partial charge in [-0.2, -0.15) is 0 Å². The third-order valence-corrected chi connectivity index (χ3v) is 7.10. The third kappa shape index (κ3) is 6.58. The number of hydrogen-bond donors (Lipinski definition) is 0. The molecule has 0 saturated heterocycles. The average Bonchev–Trinajstić information content (AvgIpc) is 3.29. The Morgan fingerprint density at radius 2 is 1.38 bits per heavy atom. The number of carbonyl (C=O) groups excluding carboxylic acids is 2. The van der Waals surface area contributed by atoms with Gasteiger partial charge in [0, 0.05) is 5.02 Å². The molecule has 1 aliphatic rings. The molecule has 0 N–H and O–H groups in total. The minimum absolute atomic E-state index is 0.0171. The number of esters is 2. The monoisotopic (exact) mass is 514 g/mol. The zero-order valence-corrected chi connectivity index (χ0v) is 21.9. The molecular formula is C32H31ClO4. The smallest absolute Gasteiger partial charge is 0.324 e. The molecular weight excluding hydrogens is 484 g/mol. The van der Waals surface area contributed by atoms with E-state index in [4.69, 9.17) is 21.1 Å². The Kier molecular flexibility index (Phi) is 8.62. The van der Waals surface area contributed by atoms with Gasteiger partial charge in [-0.25, -0.2) is 0 Å². The van der Waals surface area contributed by atoms with Gasteiger partial charge >= 0.3 is 11.9 Å². The lowest BCUT2D eigenvalue weighted by molar-refractivity contribution is -0.174. The summed E-state index contributed by atoms with van der Waals surface area (Å²) in [6.07, 6.45) is 4.64. The third-order valence-electron chi connectivity index (χ3n) is 6.85. The SMILES string of the molecule is CC(/C=C/c1ccc(Cl)cc1)=C1\CC(C(=O)OCc2ccccc2)(C(=O)OCc2ccccc2)CC1C. The van der Waals surface area contributed by atoms with Crippen molar-refractivity contribution in [2.75, 3.05) is 0 Å². The number of rotatable bonds is 8. The molecule has 0 amide bonds. The number of hydrogen-bond acceptors (Lipinski definition) is 4. The molecule has 3 aromatic carbocycles. The van der Waals surface area contributed by atoms with Gasteiger partial charge in [-0.15, -0.1) is 0 Å². The van der Waals surface area contributed by atoms with Crippen LogP contribution < -0.4 is 0 Å². The number of halogens is 1. The molecule has 1 aliphatic carbocycles. The molecule has 1 saturated carbocycles. The lowest BCUT2D eigenvalue weighted by Crippen LogP contribution is -2.40. The molecule has 0 bridgehead atoms. The Morgan fingerprint density at radius 1 is 0.865 bits per heavy atom. The van der Waals surface area contributed by atoms with E-state index in [2.05, 4.69) is 0 Å². The molecule has 4 nitrogen and oxygen atoms in total. The summed E-state index contributed by atoms with van der Waals surface area (Å²) >= 11 is 6.00. The first-order valence-electron chi connectivity index (χ1n) is 12.4. The van der Waals surface area contributed by atoms with Crippen LogP contribution in [0.15, 0.2) is 102 Å². The topological polar surface area (TPSA) is 52.6 Å². The normalized spacial score (nSPS) is 18.0. The standard InChI is InChI=1S/C32H31ClO4/c1-23(13-14-25-15-17-28(33)18-16-25)29-20-32(19-24(29)2,30(34)36-21-26-9-5-3-6-10-26)31(35)37-22-27-11-7-4-8-12-27/h3-18,24H,19-22H2,1-2H3/b14-13+,29-23-. The molecule has 1 unspecified atom stereocenters. The van der Waals surface area contributed by atoms with E-state index in [-0.39, 0.29) is 25.6 Å². The van der Waals surface area contributed by atoms with Crippen molar-refractivity contribution in [2.24, 2.45) is 11.3 Å². The summed E-state index contributed by atoms with van der Waals surface area (Å²) in [5, 5.41) is 0.685. The molecule has 190 valence electrons. The van der Waals surface area contributed by atoms with Crippen molar-refractivity contribution in [3.05, 3.63) is 124 Å². The van der Waals surface area contributed by atoms with Gasteiger partial charge in [0.05, 0.1) is 0 Å². The van der Waals surface area contributed by atoms with Crippen LogP contribution in [0, 0.1) is 11.3 Å². The van der Waals surface area contributed by atoms with Crippen LogP contribution in [0.25, 0.3) is 6.08 Å². The molecule has 1 fully saturated rings. The number of benzene rings is 3. The van der Waals surface area contributed by atoms with Crippen molar-refractivity contribution in [1.82, 2.24) is 0 Å². The molecule has 0 aromatic heterocycles. The van der Waals surface area contributed by atoms with Crippen LogP contribution >= 0.6 is 11.6 Å². The van der Waals surface area contributed by atoms with Gasteiger partial charge < -0.3 is 9.47 Å². The zero-order chi connectivity index (χ0) is 26.3. The van der Waals surface area contributed by atoms with Crippen molar-refractivity contribution in [1.29, 1.82) is 0 Å². The second kappa shape index (κ2) is 12.1. The van der Waals surface area contributed by atoms with Crippen LogP contribution in [0.5, 0.6) is 0 Å². The largest absolute Gasteiger partial charge is 0.460 e.